The molecule has 0 saturated carbocycles. The van der Waals surface area contributed by atoms with Gasteiger partial charge >= 0.3 is 0 Å². The molecule has 1 fully saturated rings. The van der Waals surface area contributed by atoms with Crippen molar-refractivity contribution in [3.63, 3.8) is 0 Å². The summed E-state index contributed by atoms with van der Waals surface area (Å²) in [6.07, 6.45) is 1.21. The van der Waals surface area contributed by atoms with E-state index in [1.807, 2.05) is 0 Å². The number of hydrogen-bond donors (Lipinski definition) is 1. The van der Waals surface area contributed by atoms with Crippen molar-refractivity contribution in [2.75, 3.05) is 26.3 Å². The van der Waals surface area contributed by atoms with Gasteiger partial charge in [-0.2, -0.15) is 0 Å². The average Bonchev–Trinajstić information content (AvgIpc) is 2.73. The molecule has 2 aromatic carbocycles. The third-order valence-corrected chi connectivity index (χ3v) is 5.11. The van der Waals surface area contributed by atoms with Gasteiger partial charge < -0.3 is 19.5 Å². The van der Waals surface area contributed by atoms with Gasteiger partial charge in [0.25, 0.3) is 5.91 Å². The fourth-order valence-corrected chi connectivity index (χ4v) is 3.60. The Balaban J connectivity index is 1.41. The predicted molar refractivity (Wildman–Crippen MR) is 98.5 cm³/mol. The Kier molecular flexibility index (Phi) is 4.71. The summed E-state index contributed by atoms with van der Waals surface area (Å²) in [5.74, 6) is 1.01. The zero-order chi connectivity index (χ0) is 18.8. The molecule has 1 saturated heterocycles. The second kappa shape index (κ2) is 7.31. The molecular formula is C21H21NO5. The van der Waals surface area contributed by atoms with E-state index >= 15 is 0 Å². The monoisotopic (exact) mass is 367 g/mol. The molecule has 140 valence electrons. The summed E-state index contributed by atoms with van der Waals surface area (Å²) < 4.78 is 11.1. The van der Waals surface area contributed by atoms with Gasteiger partial charge in [-0.15, -0.1) is 0 Å². The molecule has 4 rings (SSSR count). The molecule has 27 heavy (non-hydrogen) atoms. The summed E-state index contributed by atoms with van der Waals surface area (Å²) in [6.45, 7) is 1.99. The average molecular weight is 367 g/mol. The fourth-order valence-electron chi connectivity index (χ4n) is 3.60. The van der Waals surface area contributed by atoms with Crippen LogP contribution in [0.4, 0.5) is 0 Å². The van der Waals surface area contributed by atoms with Gasteiger partial charge in [0, 0.05) is 24.6 Å². The van der Waals surface area contributed by atoms with Crippen molar-refractivity contribution in [2.45, 2.75) is 12.8 Å². The van der Waals surface area contributed by atoms with Crippen LogP contribution in [0, 0.1) is 5.92 Å². The van der Waals surface area contributed by atoms with Gasteiger partial charge in [0.15, 0.2) is 17.3 Å². The quantitative estimate of drug-likeness (QED) is 0.844. The highest BCUT2D eigenvalue weighted by Gasteiger charge is 2.29. The van der Waals surface area contributed by atoms with Crippen LogP contribution in [0.15, 0.2) is 42.5 Å². The predicted octanol–water partition coefficient (Wildman–Crippen LogP) is 2.90. The van der Waals surface area contributed by atoms with Crippen molar-refractivity contribution in [3.05, 3.63) is 53.6 Å². The Morgan fingerprint density at radius 2 is 1.67 bits per heavy atom. The molecule has 2 aliphatic heterocycles. The van der Waals surface area contributed by atoms with Crippen LogP contribution in [-0.4, -0.2) is 48.0 Å². The van der Waals surface area contributed by atoms with E-state index in [1.54, 1.807) is 41.3 Å². The van der Waals surface area contributed by atoms with Crippen molar-refractivity contribution >= 4 is 11.7 Å². The Bertz CT molecular complexity index is 871. The lowest BCUT2D eigenvalue weighted by molar-refractivity contribution is 0.0647. The first-order valence-corrected chi connectivity index (χ1v) is 9.14. The molecule has 0 spiro atoms. The molecule has 0 unspecified atom stereocenters. The SMILES string of the molecule is O=C(c1ccc2c(c1)OCCO2)C1CCN(C(=O)c2ccccc2O)CC1. The topological polar surface area (TPSA) is 76.1 Å². The molecule has 1 N–H and O–H groups in total. The second-order valence-corrected chi connectivity index (χ2v) is 6.81. The third kappa shape index (κ3) is 3.47. The Labute approximate surface area is 157 Å². The molecule has 0 atom stereocenters. The van der Waals surface area contributed by atoms with Crippen molar-refractivity contribution in [1.82, 2.24) is 4.90 Å². The number of para-hydroxylation sites is 1. The summed E-state index contributed by atoms with van der Waals surface area (Å²) >= 11 is 0. The number of aromatic hydroxyl groups is 1. The number of rotatable bonds is 3. The molecule has 0 aromatic heterocycles. The highest BCUT2D eigenvalue weighted by Crippen LogP contribution is 2.33. The number of ketones is 1. The number of phenolic OH excluding ortho intramolecular Hbond substituents is 1. The standard InChI is InChI=1S/C21H21NO5/c23-17-4-2-1-3-16(17)21(25)22-9-7-14(8-10-22)20(24)15-5-6-18-19(13-15)27-12-11-26-18/h1-6,13-14,23H,7-12H2. The number of benzene rings is 2. The number of nitrogens with zero attached hydrogens (tertiary/aromatic N) is 1. The molecule has 0 aliphatic carbocycles. The van der Waals surface area contributed by atoms with Crippen LogP contribution in [0.2, 0.25) is 0 Å². The van der Waals surface area contributed by atoms with Crippen LogP contribution in [0.25, 0.3) is 0 Å². The largest absolute Gasteiger partial charge is 0.507 e. The summed E-state index contributed by atoms with van der Waals surface area (Å²) in [5, 5.41) is 9.87. The van der Waals surface area contributed by atoms with Crippen LogP contribution in [0.5, 0.6) is 17.2 Å². The Morgan fingerprint density at radius 3 is 2.41 bits per heavy atom. The van der Waals surface area contributed by atoms with Gasteiger partial charge in [0.1, 0.15) is 19.0 Å². The summed E-state index contributed by atoms with van der Waals surface area (Å²) in [6, 6.07) is 11.8. The normalized spacial score (nSPS) is 16.8. The Morgan fingerprint density at radius 1 is 0.963 bits per heavy atom. The highest BCUT2D eigenvalue weighted by atomic mass is 16.6. The van der Waals surface area contributed by atoms with E-state index in [-0.39, 0.29) is 23.4 Å². The minimum Gasteiger partial charge on any atom is -0.507 e. The van der Waals surface area contributed by atoms with E-state index in [4.69, 9.17) is 9.47 Å². The number of hydrogen-bond acceptors (Lipinski definition) is 5. The first kappa shape index (κ1) is 17.4. The van der Waals surface area contributed by atoms with E-state index in [2.05, 4.69) is 0 Å². The van der Waals surface area contributed by atoms with E-state index < -0.39 is 0 Å². The number of Topliss-reactive ketones (excluding diaryl/α,β-unsaturated/α-hetero) is 1. The van der Waals surface area contributed by atoms with E-state index in [1.165, 1.54) is 6.07 Å². The zero-order valence-corrected chi connectivity index (χ0v) is 14.9. The van der Waals surface area contributed by atoms with Gasteiger partial charge in [0.05, 0.1) is 5.56 Å². The number of fused-ring (bicyclic) bond motifs is 1. The zero-order valence-electron chi connectivity index (χ0n) is 14.9. The molecule has 0 radical (unpaired) electrons. The van der Waals surface area contributed by atoms with Crippen molar-refractivity contribution in [2.24, 2.45) is 5.92 Å². The van der Waals surface area contributed by atoms with Crippen LogP contribution in [0.1, 0.15) is 33.6 Å². The van der Waals surface area contributed by atoms with Crippen LogP contribution < -0.4 is 9.47 Å². The number of amides is 1. The minimum atomic E-state index is -0.196. The molecular weight excluding hydrogens is 346 g/mol. The van der Waals surface area contributed by atoms with Gasteiger partial charge in [-0.05, 0) is 43.2 Å². The molecule has 0 bridgehead atoms. The number of phenols is 1. The molecule has 2 heterocycles. The number of likely N-dealkylation sites (tertiary alicyclic amines) is 1. The van der Waals surface area contributed by atoms with Crippen LogP contribution >= 0.6 is 0 Å². The number of carbonyl (C=O) groups is 2. The van der Waals surface area contributed by atoms with Gasteiger partial charge in [-0.3, -0.25) is 9.59 Å². The Hall–Kier alpha value is -3.02. The first-order valence-electron chi connectivity index (χ1n) is 9.14. The molecule has 1 amide bonds. The first-order chi connectivity index (χ1) is 13.1. The maximum Gasteiger partial charge on any atom is 0.257 e. The third-order valence-electron chi connectivity index (χ3n) is 5.11. The van der Waals surface area contributed by atoms with Gasteiger partial charge in [0.2, 0.25) is 0 Å². The van der Waals surface area contributed by atoms with Crippen molar-refractivity contribution in [1.29, 1.82) is 0 Å². The minimum absolute atomic E-state index is 0.0167. The summed E-state index contributed by atoms with van der Waals surface area (Å²) in [7, 11) is 0. The maximum atomic E-state index is 12.8. The smallest absolute Gasteiger partial charge is 0.257 e. The van der Waals surface area contributed by atoms with Crippen molar-refractivity contribution < 1.29 is 24.2 Å². The molecule has 2 aliphatic rings. The van der Waals surface area contributed by atoms with E-state index in [0.29, 0.717) is 61.8 Å². The van der Waals surface area contributed by atoms with Crippen LogP contribution in [-0.2, 0) is 0 Å². The van der Waals surface area contributed by atoms with Crippen LogP contribution in [0.3, 0.4) is 0 Å². The number of piperidine rings is 1. The maximum absolute atomic E-state index is 12.8. The van der Waals surface area contributed by atoms with E-state index in [9.17, 15) is 14.7 Å². The van der Waals surface area contributed by atoms with Crippen molar-refractivity contribution in [3.8, 4) is 17.2 Å². The number of ether oxygens (including phenoxy) is 2. The van der Waals surface area contributed by atoms with E-state index in [0.717, 1.165) is 0 Å². The second-order valence-electron chi connectivity index (χ2n) is 6.81. The number of carbonyl (C=O) groups excluding carboxylic acids is 2. The highest BCUT2D eigenvalue weighted by molar-refractivity contribution is 5.99. The molecule has 2 aromatic rings. The van der Waals surface area contributed by atoms with Gasteiger partial charge in [-0.25, -0.2) is 0 Å². The lowest BCUT2D eigenvalue weighted by Gasteiger charge is -2.31. The lowest BCUT2D eigenvalue weighted by Crippen LogP contribution is -2.40. The summed E-state index contributed by atoms with van der Waals surface area (Å²) in [5.41, 5.74) is 0.916. The lowest BCUT2D eigenvalue weighted by atomic mass is 9.88. The summed E-state index contributed by atoms with van der Waals surface area (Å²) in [4.78, 5) is 27.1. The van der Waals surface area contributed by atoms with Gasteiger partial charge in [-0.1, -0.05) is 12.1 Å². The molecule has 6 nitrogen and oxygen atoms in total. The fraction of sp³-hybridized carbons (Fsp3) is 0.333. The molecule has 6 heteroatoms.